The van der Waals surface area contributed by atoms with Gasteiger partial charge < -0.3 is 14.8 Å². The molecule has 1 aliphatic rings. The average Bonchev–Trinajstić information content (AvgIpc) is 2.88. The van der Waals surface area contributed by atoms with E-state index in [2.05, 4.69) is 16.4 Å². The maximum absolute atomic E-state index is 5.92. The fourth-order valence-electron chi connectivity index (χ4n) is 2.45. The number of fused-ring (bicyclic) bond motifs is 1. The molecule has 2 aromatic rings. The van der Waals surface area contributed by atoms with E-state index in [0.717, 1.165) is 23.7 Å². The summed E-state index contributed by atoms with van der Waals surface area (Å²) in [6.45, 7) is 4.72. The van der Waals surface area contributed by atoms with Gasteiger partial charge in [-0.25, -0.2) is 4.98 Å². The Balaban J connectivity index is 1.62. The fourth-order valence-corrected chi connectivity index (χ4v) is 2.45. The van der Waals surface area contributed by atoms with Crippen molar-refractivity contribution < 1.29 is 9.47 Å². The number of para-hydroxylation sites is 1. The molecule has 1 atom stereocenters. The highest BCUT2D eigenvalue weighted by molar-refractivity contribution is 5.50. The summed E-state index contributed by atoms with van der Waals surface area (Å²) in [5.74, 6) is 2.54. The summed E-state index contributed by atoms with van der Waals surface area (Å²) in [4.78, 5) is 4.35. The number of anilines is 1. The number of hydrogen-bond donors (Lipinski definition) is 1. The van der Waals surface area contributed by atoms with Crippen molar-refractivity contribution in [3.63, 3.8) is 0 Å². The summed E-state index contributed by atoms with van der Waals surface area (Å²) in [6.07, 6.45) is 2.95. The van der Waals surface area contributed by atoms with Crippen LogP contribution in [0, 0.1) is 0 Å². The topological polar surface area (TPSA) is 43.4 Å². The molecule has 110 valence electrons. The maximum Gasteiger partial charge on any atom is 0.168 e. The van der Waals surface area contributed by atoms with Crippen LogP contribution >= 0.6 is 0 Å². The molecule has 0 saturated heterocycles. The van der Waals surface area contributed by atoms with E-state index in [0.29, 0.717) is 6.54 Å². The number of benzene rings is 1. The molecule has 1 aromatic heterocycles. The molecule has 21 heavy (non-hydrogen) atoms. The van der Waals surface area contributed by atoms with Gasteiger partial charge in [0, 0.05) is 12.6 Å². The molecule has 0 fully saturated rings. The number of rotatable bonds is 5. The van der Waals surface area contributed by atoms with Crippen molar-refractivity contribution in [1.29, 1.82) is 0 Å². The van der Waals surface area contributed by atoms with Gasteiger partial charge in [0.2, 0.25) is 0 Å². The van der Waals surface area contributed by atoms with Gasteiger partial charge in [0.1, 0.15) is 11.9 Å². The number of nitrogens with one attached hydrogen (secondary N) is 1. The first-order chi connectivity index (χ1) is 10.2. The van der Waals surface area contributed by atoms with E-state index in [1.807, 2.05) is 44.2 Å². The van der Waals surface area contributed by atoms with Gasteiger partial charge in [-0.3, -0.25) is 0 Å². The van der Waals surface area contributed by atoms with Crippen LogP contribution in [0.4, 0.5) is 5.82 Å². The van der Waals surface area contributed by atoms with Gasteiger partial charge >= 0.3 is 0 Å². The zero-order valence-corrected chi connectivity index (χ0v) is 12.4. The van der Waals surface area contributed by atoms with Gasteiger partial charge in [-0.05, 0) is 37.6 Å². The van der Waals surface area contributed by atoms with E-state index < -0.39 is 0 Å². The molecule has 1 N–H and O–H groups in total. The molecule has 3 rings (SSSR count). The number of hydrogen-bond acceptors (Lipinski definition) is 4. The van der Waals surface area contributed by atoms with Crippen LogP contribution in [0.2, 0.25) is 0 Å². The maximum atomic E-state index is 5.92. The van der Waals surface area contributed by atoms with Crippen molar-refractivity contribution in [2.45, 2.75) is 32.5 Å². The number of pyridine rings is 1. The Kier molecular flexibility index (Phi) is 3.95. The Morgan fingerprint density at radius 3 is 2.95 bits per heavy atom. The zero-order chi connectivity index (χ0) is 14.7. The summed E-state index contributed by atoms with van der Waals surface area (Å²) in [7, 11) is 0. The van der Waals surface area contributed by atoms with E-state index >= 15 is 0 Å². The highest BCUT2D eigenvalue weighted by Crippen LogP contribution is 2.29. The van der Waals surface area contributed by atoms with Crippen LogP contribution < -0.4 is 14.8 Å². The number of ether oxygens (including phenoxy) is 2. The monoisotopic (exact) mass is 284 g/mol. The lowest BCUT2D eigenvalue weighted by molar-refractivity contribution is 0.239. The third kappa shape index (κ3) is 3.27. The van der Waals surface area contributed by atoms with E-state index in [4.69, 9.17) is 9.47 Å². The Morgan fingerprint density at radius 1 is 1.29 bits per heavy atom. The SMILES string of the molecule is CC(C)Oc1cccnc1NCC1Cc2ccccc2O1. The van der Waals surface area contributed by atoms with Gasteiger partial charge in [-0.2, -0.15) is 0 Å². The highest BCUT2D eigenvalue weighted by Gasteiger charge is 2.22. The van der Waals surface area contributed by atoms with Gasteiger partial charge in [-0.15, -0.1) is 0 Å². The van der Waals surface area contributed by atoms with E-state index in [-0.39, 0.29) is 12.2 Å². The molecular weight excluding hydrogens is 264 g/mol. The van der Waals surface area contributed by atoms with Crippen LogP contribution in [0.5, 0.6) is 11.5 Å². The smallest absolute Gasteiger partial charge is 0.168 e. The van der Waals surface area contributed by atoms with Gasteiger partial charge in [-0.1, -0.05) is 18.2 Å². The Labute approximate surface area is 125 Å². The minimum atomic E-state index is 0.127. The van der Waals surface area contributed by atoms with Crippen LogP contribution in [-0.4, -0.2) is 23.7 Å². The summed E-state index contributed by atoms with van der Waals surface area (Å²) in [6, 6.07) is 12.0. The summed E-state index contributed by atoms with van der Waals surface area (Å²) >= 11 is 0. The van der Waals surface area contributed by atoms with Crippen molar-refractivity contribution in [3.05, 3.63) is 48.2 Å². The van der Waals surface area contributed by atoms with Crippen molar-refractivity contribution in [2.75, 3.05) is 11.9 Å². The molecule has 2 heterocycles. The van der Waals surface area contributed by atoms with Crippen molar-refractivity contribution >= 4 is 5.82 Å². The normalized spacial score (nSPS) is 16.4. The Hall–Kier alpha value is -2.23. The molecular formula is C17H20N2O2. The number of nitrogens with zero attached hydrogens (tertiary/aromatic N) is 1. The first kappa shape index (κ1) is 13.7. The van der Waals surface area contributed by atoms with Gasteiger partial charge in [0.05, 0.1) is 12.6 Å². The summed E-state index contributed by atoms with van der Waals surface area (Å²) in [5, 5.41) is 3.33. The average molecular weight is 284 g/mol. The quantitative estimate of drug-likeness (QED) is 0.915. The molecule has 0 amide bonds. The standard InChI is InChI=1S/C17H20N2O2/c1-12(2)20-16-8-5-9-18-17(16)19-11-14-10-13-6-3-4-7-15(13)21-14/h3-9,12,14H,10-11H2,1-2H3,(H,18,19). The zero-order valence-electron chi connectivity index (χ0n) is 12.4. The fraction of sp³-hybridized carbons (Fsp3) is 0.353. The van der Waals surface area contributed by atoms with Crippen LogP contribution in [0.3, 0.4) is 0 Å². The Bertz CT molecular complexity index is 588. The lowest BCUT2D eigenvalue weighted by atomic mass is 10.1. The molecule has 1 aliphatic heterocycles. The summed E-state index contributed by atoms with van der Waals surface area (Å²) in [5.41, 5.74) is 1.27. The van der Waals surface area contributed by atoms with Crippen molar-refractivity contribution in [2.24, 2.45) is 0 Å². The molecule has 1 unspecified atom stereocenters. The minimum Gasteiger partial charge on any atom is -0.488 e. The van der Waals surface area contributed by atoms with Gasteiger partial charge in [0.25, 0.3) is 0 Å². The van der Waals surface area contributed by atoms with E-state index in [9.17, 15) is 0 Å². The Morgan fingerprint density at radius 2 is 2.14 bits per heavy atom. The number of aromatic nitrogens is 1. The first-order valence-corrected chi connectivity index (χ1v) is 7.32. The largest absolute Gasteiger partial charge is 0.488 e. The second kappa shape index (κ2) is 6.04. The molecule has 0 aliphatic carbocycles. The third-order valence-corrected chi connectivity index (χ3v) is 3.34. The second-order valence-corrected chi connectivity index (χ2v) is 5.45. The second-order valence-electron chi connectivity index (χ2n) is 5.45. The third-order valence-electron chi connectivity index (χ3n) is 3.34. The van der Waals surface area contributed by atoms with E-state index in [1.54, 1.807) is 6.20 Å². The molecule has 1 aromatic carbocycles. The first-order valence-electron chi connectivity index (χ1n) is 7.32. The highest BCUT2D eigenvalue weighted by atomic mass is 16.5. The van der Waals surface area contributed by atoms with Crippen LogP contribution in [-0.2, 0) is 6.42 Å². The van der Waals surface area contributed by atoms with Crippen LogP contribution in [0.25, 0.3) is 0 Å². The lowest BCUT2D eigenvalue weighted by Crippen LogP contribution is -2.24. The van der Waals surface area contributed by atoms with Gasteiger partial charge in [0.15, 0.2) is 11.6 Å². The molecule has 4 nitrogen and oxygen atoms in total. The molecule has 0 radical (unpaired) electrons. The molecule has 0 bridgehead atoms. The van der Waals surface area contributed by atoms with Crippen LogP contribution in [0.1, 0.15) is 19.4 Å². The lowest BCUT2D eigenvalue weighted by Gasteiger charge is -2.16. The van der Waals surface area contributed by atoms with E-state index in [1.165, 1.54) is 5.56 Å². The minimum absolute atomic E-state index is 0.127. The summed E-state index contributed by atoms with van der Waals surface area (Å²) < 4.78 is 11.7. The van der Waals surface area contributed by atoms with Crippen molar-refractivity contribution in [3.8, 4) is 11.5 Å². The van der Waals surface area contributed by atoms with Crippen LogP contribution in [0.15, 0.2) is 42.6 Å². The van der Waals surface area contributed by atoms with Crippen molar-refractivity contribution in [1.82, 2.24) is 4.98 Å². The molecule has 0 saturated carbocycles. The predicted molar refractivity (Wildman–Crippen MR) is 83.1 cm³/mol. The molecule has 0 spiro atoms. The molecule has 4 heteroatoms. The predicted octanol–water partition coefficient (Wildman–Crippen LogP) is 3.28.